The summed E-state index contributed by atoms with van der Waals surface area (Å²) in [7, 11) is 0. The Morgan fingerprint density at radius 1 is 0.222 bits per heavy atom. The van der Waals surface area contributed by atoms with Gasteiger partial charge in [-0.25, -0.2) is 0 Å². The first-order valence-electron chi connectivity index (χ1n) is 30.2. The molecule has 0 bridgehead atoms. The van der Waals surface area contributed by atoms with Crippen molar-refractivity contribution in [2.75, 3.05) is 0 Å². The summed E-state index contributed by atoms with van der Waals surface area (Å²) in [5.74, 6) is 0. The Hall–Kier alpha value is -11.1. The molecule has 9 heteroatoms. The minimum absolute atomic E-state index is 1.16. The van der Waals surface area contributed by atoms with E-state index in [2.05, 4.69) is 283 Å². The van der Waals surface area contributed by atoms with E-state index >= 15 is 0 Å². The predicted molar refractivity (Wildman–Crippen MR) is 387 cm³/mol. The third-order valence-electron chi connectivity index (χ3n) is 18.2. The first-order valence-corrected chi connectivity index (χ1v) is 32.6. The van der Waals surface area contributed by atoms with E-state index in [-0.39, 0.29) is 0 Å². The summed E-state index contributed by atoms with van der Waals surface area (Å²) in [4.78, 5) is 12.8. The average molecular weight is 1200 g/mol. The molecule has 9 heterocycles. The molecular weight excluding hydrogens is 1150 g/mol. The van der Waals surface area contributed by atoms with E-state index in [1.807, 2.05) is 71.2 Å². The Morgan fingerprint density at radius 2 is 0.656 bits per heavy atom. The number of nitrogens with zero attached hydrogens (tertiary/aromatic N) is 6. The molecule has 0 aliphatic carbocycles. The van der Waals surface area contributed by atoms with Crippen LogP contribution in [0.15, 0.2) is 292 Å². The molecule has 21 rings (SSSR count). The first kappa shape index (κ1) is 51.0. The van der Waals surface area contributed by atoms with Gasteiger partial charge in [0.2, 0.25) is 0 Å². The molecule has 6 nitrogen and oxygen atoms in total. The Bertz CT molecular complexity index is 6490. The zero-order chi connectivity index (χ0) is 59.0. The van der Waals surface area contributed by atoms with Gasteiger partial charge in [-0.2, -0.15) is 0 Å². The lowest BCUT2D eigenvalue weighted by molar-refractivity contribution is 1.19. The summed E-state index contributed by atoms with van der Waals surface area (Å²) < 4.78 is 15.3. The van der Waals surface area contributed by atoms with Gasteiger partial charge in [-0.15, -0.1) is 34.0 Å². The zero-order valence-electron chi connectivity index (χ0n) is 48.1. The average Bonchev–Trinajstić information content (AvgIpc) is 1.62. The van der Waals surface area contributed by atoms with Crippen molar-refractivity contribution in [2.45, 2.75) is 0 Å². The molecule has 9 aromatic heterocycles. The second-order valence-corrected chi connectivity index (χ2v) is 26.4. The lowest BCUT2D eigenvalue weighted by Crippen LogP contribution is -1.94. The zero-order valence-corrected chi connectivity index (χ0v) is 50.6. The Morgan fingerprint density at radius 3 is 1.26 bits per heavy atom. The van der Waals surface area contributed by atoms with Gasteiger partial charge in [0.15, 0.2) is 0 Å². The van der Waals surface area contributed by atoms with E-state index in [9.17, 15) is 0 Å². The fourth-order valence-corrected chi connectivity index (χ4v) is 17.5. The Kier molecular flexibility index (Phi) is 11.5. The van der Waals surface area contributed by atoms with Crippen molar-refractivity contribution in [3.8, 4) is 17.1 Å². The lowest BCUT2D eigenvalue weighted by Gasteiger charge is -2.10. The molecular formula is C81H48N6S3. The van der Waals surface area contributed by atoms with Gasteiger partial charge in [0, 0.05) is 163 Å². The van der Waals surface area contributed by atoms with Gasteiger partial charge in [-0.05, 0) is 137 Å². The fourth-order valence-electron chi connectivity index (χ4n) is 14.2. The third-order valence-corrected chi connectivity index (χ3v) is 21.6. The number of pyridine rings is 3. The quantitative estimate of drug-likeness (QED) is 0.177. The van der Waals surface area contributed by atoms with E-state index in [4.69, 9.17) is 0 Å². The molecule has 0 fully saturated rings. The molecule has 0 aliphatic rings. The second-order valence-electron chi connectivity index (χ2n) is 23.1. The van der Waals surface area contributed by atoms with Crippen molar-refractivity contribution < 1.29 is 0 Å². The molecule has 0 spiro atoms. The van der Waals surface area contributed by atoms with E-state index in [0.29, 0.717) is 0 Å². The predicted octanol–water partition coefficient (Wildman–Crippen LogP) is 23.1. The van der Waals surface area contributed by atoms with Crippen LogP contribution >= 0.6 is 34.0 Å². The van der Waals surface area contributed by atoms with Crippen LogP contribution in [-0.4, -0.2) is 28.7 Å². The molecule has 0 amide bonds. The van der Waals surface area contributed by atoms with Gasteiger partial charge in [-0.3, -0.25) is 15.0 Å². The highest BCUT2D eigenvalue weighted by Crippen LogP contribution is 2.46. The van der Waals surface area contributed by atoms with Gasteiger partial charge in [0.05, 0.1) is 33.1 Å². The second kappa shape index (κ2) is 20.2. The van der Waals surface area contributed by atoms with Crippen molar-refractivity contribution in [3.05, 3.63) is 292 Å². The maximum absolute atomic E-state index is 4.27. The molecule has 90 heavy (non-hydrogen) atoms. The van der Waals surface area contributed by atoms with Crippen LogP contribution in [0.5, 0.6) is 0 Å². The number of hydrogen-bond acceptors (Lipinski definition) is 6. The molecule has 420 valence electrons. The van der Waals surface area contributed by atoms with Crippen LogP contribution in [0.1, 0.15) is 0 Å². The van der Waals surface area contributed by atoms with Crippen LogP contribution in [0.4, 0.5) is 0 Å². The number of aromatic nitrogens is 6. The largest absolute Gasteiger partial charge is 0.309 e. The van der Waals surface area contributed by atoms with Crippen LogP contribution in [0, 0.1) is 0 Å². The van der Waals surface area contributed by atoms with Gasteiger partial charge in [0.1, 0.15) is 0 Å². The highest BCUT2D eigenvalue weighted by molar-refractivity contribution is 7.26. The summed E-state index contributed by atoms with van der Waals surface area (Å²) in [6.07, 6.45) is 11.4. The summed E-state index contributed by atoms with van der Waals surface area (Å²) >= 11 is 5.62. The summed E-state index contributed by atoms with van der Waals surface area (Å²) in [5.41, 5.74) is 11.1. The van der Waals surface area contributed by atoms with Crippen LogP contribution in [-0.2, 0) is 0 Å². The maximum Gasteiger partial charge on any atom is 0.0634 e. The van der Waals surface area contributed by atoms with Crippen molar-refractivity contribution in [2.24, 2.45) is 0 Å². The van der Waals surface area contributed by atoms with Crippen molar-refractivity contribution in [1.29, 1.82) is 0 Å². The molecule has 0 saturated heterocycles. The van der Waals surface area contributed by atoms with E-state index in [1.54, 1.807) is 0 Å². The SMILES string of the molecule is c1ccc2c(c1)sc1cc3c(cc12)c1ccccc1n3-c1ccc2cnccc2c1.c1ccc2c(c1)sc1ccc3c(c4ccccc4n3-c3ccc4cnccc4c3)c12.c1ccc2c(c1)sc1ccc3c4ccccc4n(-c4ccc5cnccc5c4)c3c12. The number of benzene rings is 12. The number of para-hydroxylation sites is 3. The third kappa shape index (κ3) is 7.90. The summed E-state index contributed by atoms with van der Waals surface area (Å²) in [6.45, 7) is 0. The van der Waals surface area contributed by atoms with E-state index in [0.717, 1.165) is 16.2 Å². The maximum atomic E-state index is 4.27. The molecule has 0 atom stereocenters. The van der Waals surface area contributed by atoms with Crippen LogP contribution in [0.25, 0.3) is 175 Å². The smallest absolute Gasteiger partial charge is 0.0634 e. The highest BCUT2D eigenvalue weighted by Gasteiger charge is 2.21. The topological polar surface area (TPSA) is 53.5 Å². The van der Waals surface area contributed by atoms with Gasteiger partial charge in [0.25, 0.3) is 0 Å². The number of thiophene rings is 3. The van der Waals surface area contributed by atoms with E-state index in [1.165, 1.54) is 159 Å². The highest BCUT2D eigenvalue weighted by atomic mass is 32.1. The molecule has 0 N–H and O–H groups in total. The molecule has 0 saturated carbocycles. The molecule has 0 radical (unpaired) electrons. The lowest BCUT2D eigenvalue weighted by atomic mass is 10.1. The fraction of sp³-hybridized carbons (Fsp3) is 0. The van der Waals surface area contributed by atoms with Crippen molar-refractivity contribution in [3.63, 3.8) is 0 Å². The summed E-state index contributed by atoms with van der Waals surface area (Å²) in [5, 5.41) is 23.0. The normalized spacial score (nSPS) is 12.0. The Balaban J connectivity index is 0.0000000972. The van der Waals surface area contributed by atoms with Gasteiger partial charge >= 0.3 is 0 Å². The van der Waals surface area contributed by atoms with Crippen LogP contribution < -0.4 is 0 Å². The number of rotatable bonds is 3. The molecule has 12 aromatic carbocycles. The molecule has 21 aromatic rings. The Labute approximate surface area is 526 Å². The van der Waals surface area contributed by atoms with Crippen LogP contribution in [0.2, 0.25) is 0 Å². The van der Waals surface area contributed by atoms with Crippen molar-refractivity contribution in [1.82, 2.24) is 28.7 Å². The van der Waals surface area contributed by atoms with Gasteiger partial charge in [-0.1, -0.05) is 133 Å². The number of fused-ring (bicyclic) bond motifs is 23. The summed E-state index contributed by atoms with van der Waals surface area (Å²) in [6, 6.07) is 92.4. The first-order chi connectivity index (χ1) is 44.6. The molecule has 0 aliphatic heterocycles. The molecule has 0 unspecified atom stereocenters. The van der Waals surface area contributed by atoms with Gasteiger partial charge < -0.3 is 13.7 Å². The van der Waals surface area contributed by atoms with Crippen molar-refractivity contribution >= 4 is 192 Å². The van der Waals surface area contributed by atoms with Crippen LogP contribution in [0.3, 0.4) is 0 Å². The minimum Gasteiger partial charge on any atom is -0.309 e. The van der Waals surface area contributed by atoms with E-state index < -0.39 is 0 Å². The number of hydrogen-bond donors (Lipinski definition) is 0. The minimum atomic E-state index is 1.16. The monoisotopic (exact) mass is 1200 g/mol. The standard InChI is InChI=1S/3C27H16N2S/c1-3-7-24-20(5-1)22-14-23-21-6-2-4-8-26(21)30-27(23)15-25(22)29(24)19-10-9-18-16-28-12-11-17(18)13-19;1-3-7-23-20(5-1)21-11-12-25-26(22-6-2-4-8-24(22)30-25)27(21)29(23)19-10-9-18-16-28-14-13-17(18)15-19;1-3-7-22-20(5-1)26-23(11-12-25-27(26)21-6-2-4-8-24(21)30-25)29(22)19-10-9-18-16-28-14-13-17(18)15-19/h3*1-16H.